The number of anilines is 3. The monoisotopic (exact) mass is 514 g/mol. The lowest BCUT2D eigenvalue weighted by Crippen LogP contribution is -2.66. The van der Waals surface area contributed by atoms with Gasteiger partial charge in [-0.2, -0.15) is 0 Å². The molecular formula is C26H34N4O5S. The van der Waals surface area contributed by atoms with Crippen molar-refractivity contribution in [2.24, 2.45) is 0 Å². The van der Waals surface area contributed by atoms with Crippen LogP contribution in [0.2, 0.25) is 0 Å². The van der Waals surface area contributed by atoms with Gasteiger partial charge in [-0.3, -0.25) is 4.72 Å². The van der Waals surface area contributed by atoms with Gasteiger partial charge in [0.1, 0.15) is 11.7 Å². The number of hydrogen-bond donors (Lipinski definition) is 1. The highest BCUT2D eigenvalue weighted by molar-refractivity contribution is 7.92. The number of nitrogens with one attached hydrogen (secondary N) is 1. The van der Waals surface area contributed by atoms with E-state index in [0.717, 1.165) is 30.5 Å². The topological polar surface area (TPSA) is 94.7 Å². The van der Waals surface area contributed by atoms with Crippen molar-refractivity contribution in [3.05, 3.63) is 54.6 Å². The maximum atomic E-state index is 12.7. The van der Waals surface area contributed by atoms with Crippen LogP contribution >= 0.6 is 0 Å². The number of benzene rings is 2. The first-order valence-electron chi connectivity index (χ1n) is 12.3. The fraction of sp³-hybridized carbons (Fsp3) is 0.500. The Morgan fingerprint density at radius 3 is 2.25 bits per heavy atom. The van der Waals surface area contributed by atoms with Crippen LogP contribution in [0.4, 0.5) is 21.9 Å². The van der Waals surface area contributed by atoms with Crippen LogP contribution in [-0.2, 0) is 19.5 Å². The first-order chi connectivity index (χ1) is 17.0. The predicted octanol–water partition coefficient (Wildman–Crippen LogP) is 3.84. The van der Waals surface area contributed by atoms with Gasteiger partial charge in [-0.25, -0.2) is 13.2 Å². The summed E-state index contributed by atoms with van der Waals surface area (Å²) >= 11 is 0. The quantitative estimate of drug-likeness (QED) is 0.620. The predicted molar refractivity (Wildman–Crippen MR) is 140 cm³/mol. The van der Waals surface area contributed by atoms with Crippen LogP contribution in [0.5, 0.6) is 0 Å². The lowest BCUT2D eigenvalue weighted by Gasteiger charge is -2.53. The van der Waals surface area contributed by atoms with Crippen molar-refractivity contribution in [3.8, 4) is 0 Å². The molecule has 194 valence electrons. The minimum absolute atomic E-state index is 0.000985. The van der Waals surface area contributed by atoms with E-state index in [0.29, 0.717) is 25.4 Å². The summed E-state index contributed by atoms with van der Waals surface area (Å²) < 4.78 is 37.6. The number of piperidine rings is 1. The molecule has 1 amide bonds. The van der Waals surface area contributed by atoms with E-state index in [4.69, 9.17) is 9.47 Å². The average Bonchev–Trinajstić information content (AvgIpc) is 3.61. The van der Waals surface area contributed by atoms with Crippen molar-refractivity contribution in [1.29, 1.82) is 0 Å². The van der Waals surface area contributed by atoms with Crippen LogP contribution < -0.4 is 14.5 Å². The summed E-state index contributed by atoms with van der Waals surface area (Å²) in [7, 11) is -3.34. The van der Waals surface area contributed by atoms with E-state index in [-0.39, 0.29) is 24.0 Å². The summed E-state index contributed by atoms with van der Waals surface area (Å²) in [6.45, 7) is 7.49. The van der Waals surface area contributed by atoms with Crippen molar-refractivity contribution in [3.63, 3.8) is 0 Å². The number of carbonyl (C=O) groups is 1. The van der Waals surface area contributed by atoms with E-state index in [2.05, 4.69) is 26.7 Å². The second-order valence-corrected chi connectivity index (χ2v) is 12.6. The molecule has 3 fully saturated rings. The zero-order chi connectivity index (χ0) is 25.7. The molecule has 1 N–H and O–H groups in total. The summed E-state index contributed by atoms with van der Waals surface area (Å²) in [5.41, 5.74) is 1.85. The number of sulfonamides is 1. The molecular weight excluding hydrogens is 480 g/mol. The molecule has 3 aliphatic heterocycles. The van der Waals surface area contributed by atoms with Crippen LogP contribution in [0.25, 0.3) is 0 Å². The van der Waals surface area contributed by atoms with Gasteiger partial charge in [-0.1, -0.05) is 18.2 Å². The Hall–Kier alpha value is -2.98. The van der Waals surface area contributed by atoms with Gasteiger partial charge in [0.05, 0.1) is 18.5 Å². The van der Waals surface area contributed by atoms with Gasteiger partial charge >= 0.3 is 6.09 Å². The smallest absolute Gasteiger partial charge is 0.410 e. The van der Waals surface area contributed by atoms with Crippen molar-refractivity contribution >= 4 is 33.2 Å². The van der Waals surface area contributed by atoms with Crippen LogP contribution in [0.3, 0.4) is 0 Å². The first kappa shape index (κ1) is 24.7. The summed E-state index contributed by atoms with van der Waals surface area (Å²) in [4.78, 5) is 19.1. The second-order valence-electron chi connectivity index (χ2n) is 10.8. The van der Waals surface area contributed by atoms with Crippen molar-refractivity contribution in [2.45, 2.75) is 57.1 Å². The lowest BCUT2D eigenvalue weighted by atomic mass is 9.80. The molecule has 10 heteroatoms. The molecule has 2 aromatic rings. The molecule has 0 radical (unpaired) electrons. The number of epoxide rings is 1. The molecule has 2 aromatic carbocycles. The SMILES string of the molecule is CC(C)(C)OC(=O)N1CCC2(CC1)C1OC1N(c1ccc(NS(C)(=O)=O)cc1)CN2c1ccccc1. The van der Waals surface area contributed by atoms with Gasteiger partial charge in [0, 0.05) is 30.2 Å². The Balaban J connectivity index is 1.38. The normalized spacial score (nSPS) is 23.3. The summed E-state index contributed by atoms with van der Waals surface area (Å²) in [5, 5.41) is 0. The summed E-state index contributed by atoms with van der Waals surface area (Å²) in [6.07, 6.45) is 2.38. The van der Waals surface area contributed by atoms with Crippen molar-refractivity contribution in [2.75, 3.05) is 40.5 Å². The Morgan fingerprint density at radius 1 is 1.03 bits per heavy atom. The third-order valence-corrected chi connectivity index (χ3v) is 7.59. The Morgan fingerprint density at radius 2 is 1.67 bits per heavy atom. The number of carbonyl (C=O) groups excluding carboxylic acids is 1. The average molecular weight is 515 g/mol. The molecule has 2 atom stereocenters. The Labute approximate surface area is 213 Å². The molecule has 3 aliphatic rings. The molecule has 0 aromatic heterocycles. The van der Waals surface area contributed by atoms with Crippen LogP contribution in [0.1, 0.15) is 33.6 Å². The molecule has 36 heavy (non-hydrogen) atoms. The van der Waals surface area contributed by atoms with E-state index < -0.39 is 15.6 Å². The molecule has 9 nitrogen and oxygen atoms in total. The van der Waals surface area contributed by atoms with E-state index in [1.165, 1.54) is 0 Å². The number of amides is 1. The molecule has 3 heterocycles. The minimum atomic E-state index is -3.34. The zero-order valence-electron chi connectivity index (χ0n) is 21.2. The second kappa shape index (κ2) is 8.85. The highest BCUT2D eigenvalue weighted by atomic mass is 32.2. The van der Waals surface area contributed by atoms with Crippen LogP contribution in [-0.4, -0.2) is 68.9 Å². The third-order valence-electron chi connectivity index (χ3n) is 6.99. The summed E-state index contributed by atoms with van der Waals surface area (Å²) in [6, 6.07) is 17.7. The molecule has 0 saturated carbocycles. The van der Waals surface area contributed by atoms with Gasteiger partial charge < -0.3 is 24.2 Å². The van der Waals surface area contributed by atoms with E-state index in [1.807, 2.05) is 51.1 Å². The first-order valence-corrected chi connectivity index (χ1v) is 14.1. The lowest BCUT2D eigenvalue weighted by molar-refractivity contribution is 0.0146. The number of hydrogen-bond acceptors (Lipinski definition) is 7. The standard InChI is InChI=1S/C26H34N4O5S/c1-25(2,3)35-24(31)28-16-14-26(15-17-28)22-23(34-22)29(18-30(26)21-8-6-5-7-9-21)20-12-10-19(11-13-20)27-36(4,32)33/h5-13,22-23,27H,14-18H2,1-4H3. The number of likely N-dealkylation sites (tertiary alicyclic amines) is 1. The molecule has 0 aliphatic carbocycles. The fourth-order valence-corrected chi connectivity index (χ4v) is 5.89. The molecule has 1 spiro atoms. The van der Waals surface area contributed by atoms with Gasteiger partial charge in [-0.05, 0) is 70.0 Å². The fourth-order valence-electron chi connectivity index (χ4n) is 5.33. The van der Waals surface area contributed by atoms with Gasteiger partial charge in [0.2, 0.25) is 10.0 Å². The van der Waals surface area contributed by atoms with E-state index in [9.17, 15) is 13.2 Å². The highest BCUT2D eigenvalue weighted by Gasteiger charge is 2.64. The van der Waals surface area contributed by atoms with Gasteiger partial charge in [0.25, 0.3) is 0 Å². The largest absolute Gasteiger partial charge is 0.444 e. The van der Waals surface area contributed by atoms with Crippen molar-refractivity contribution in [1.82, 2.24) is 4.90 Å². The van der Waals surface area contributed by atoms with Gasteiger partial charge in [-0.15, -0.1) is 0 Å². The maximum Gasteiger partial charge on any atom is 0.410 e. The number of para-hydroxylation sites is 1. The van der Waals surface area contributed by atoms with E-state index in [1.54, 1.807) is 17.0 Å². The van der Waals surface area contributed by atoms with Crippen LogP contribution in [0.15, 0.2) is 54.6 Å². The third kappa shape index (κ3) is 4.97. The van der Waals surface area contributed by atoms with Crippen LogP contribution in [0, 0.1) is 0 Å². The van der Waals surface area contributed by atoms with Crippen molar-refractivity contribution < 1.29 is 22.7 Å². The minimum Gasteiger partial charge on any atom is -0.444 e. The zero-order valence-corrected chi connectivity index (χ0v) is 22.0. The molecule has 3 saturated heterocycles. The Kier molecular flexibility index (Phi) is 6.07. The number of fused-ring (bicyclic) bond motifs is 2. The number of rotatable bonds is 4. The Bertz CT molecular complexity index is 1210. The van der Waals surface area contributed by atoms with E-state index >= 15 is 0 Å². The number of nitrogens with zero attached hydrogens (tertiary/aromatic N) is 3. The molecule has 2 unspecified atom stereocenters. The molecule has 5 rings (SSSR count). The molecule has 0 bridgehead atoms. The summed E-state index contributed by atoms with van der Waals surface area (Å²) in [5.74, 6) is 0. The number of ether oxygens (including phenoxy) is 2. The maximum absolute atomic E-state index is 12.7. The highest BCUT2D eigenvalue weighted by Crippen LogP contribution is 2.51. The van der Waals surface area contributed by atoms with Gasteiger partial charge in [0.15, 0.2) is 6.23 Å².